The highest BCUT2D eigenvalue weighted by atomic mass is 32.2. The van der Waals surface area contributed by atoms with Gasteiger partial charge in [0.1, 0.15) is 10.7 Å². The van der Waals surface area contributed by atoms with E-state index < -0.39 is 14.8 Å². The van der Waals surface area contributed by atoms with Crippen molar-refractivity contribution in [2.24, 2.45) is 0 Å². The van der Waals surface area contributed by atoms with E-state index in [1.165, 1.54) is 12.1 Å². The van der Waals surface area contributed by atoms with E-state index in [0.29, 0.717) is 18.4 Å². The number of nitrogens with zero attached hydrogens (tertiary/aromatic N) is 1. The zero-order valence-corrected chi connectivity index (χ0v) is 14.5. The Kier molecular flexibility index (Phi) is 4.59. The fourth-order valence-electron chi connectivity index (χ4n) is 2.73. The average Bonchev–Trinajstić information content (AvgIpc) is 2.60. The maximum Gasteiger partial charge on any atom is 0.273 e. The Morgan fingerprint density at radius 2 is 1.84 bits per heavy atom. The van der Waals surface area contributed by atoms with Gasteiger partial charge in [0.15, 0.2) is 5.75 Å². The monoisotopic (exact) mass is 359 g/mol. The fraction of sp³-hybridized carbons (Fsp3) is 0.222. The number of benzene rings is 2. The highest BCUT2D eigenvalue weighted by molar-refractivity contribution is 7.95. The smallest absolute Gasteiger partial charge is 0.273 e. The van der Waals surface area contributed by atoms with Crippen molar-refractivity contribution in [3.63, 3.8) is 0 Å². The molecule has 130 valence electrons. The lowest BCUT2D eigenvalue weighted by Crippen LogP contribution is -2.17. The van der Waals surface area contributed by atoms with Crippen molar-refractivity contribution in [1.82, 2.24) is 0 Å². The summed E-state index contributed by atoms with van der Waals surface area (Å²) in [6.07, 6.45) is 1.91. The Labute approximate surface area is 145 Å². The van der Waals surface area contributed by atoms with Crippen molar-refractivity contribution in [2.75, 3.05) is 0 Å². The van der Waals surface area contributed by atoms with E-state index in [-0.39, 0.29) is 27.0 Å². The number of nitro benzene ring substituents is 1. The molecule has 0 N–H and O–H groups in total. The van der Waals surface area contributed by atoms with Crippen LogP contribution in [0.3, 0.4) is 0 Å². The van der Waals surface area contributed by atoms with E-state index >= 15 is 0 Å². The van der Waals surface area contributed by atoms with Gasteiger partial charge in [-0.05, 0) is 18.9 Å². The summed E-state index contributed by atoms with van der Waals surface area (Å²) in [6.45, 7) is 1.98. The van der Waals surface area contributed by atoms with Crippen molar-refractivity contribution in [2.45, 2.75) is 31.1 Å². The molecule has 0 saturated heterocycles. The van der Waals surface area contributed by atoms with Crippen molar-refractivity contribution in [3.8, 4) is 5.75 Å². The van der Waals surface area contributed by atoms with Gasteiger partial charge in [0.25, 0.3) is 5.69 Å². The summed E-state index contributed by atoms with van der Waals surface area (Å²) in [5, 5.41) is 11.0. The fourth-order valence-corrected chi connectivity index (χ4v) is 4.42. The van der Waals surface area contributed by atoms with Gasteiger partial charge < -0.3 is 4.74 Å². The van der Waals surface area contributed by atoms with Gasteiger partial charge >= 0.3 is 0 Å². The Morgan fingerprint density at radius 1 is 1.12 bits per heavy atom. The third-order valence-corrected chi connectivity index (χ3v) is 5.97. The molecule has 0 aliphatic carbocycles. The maximum atomic E-state index is 13.1. The lowest BCUT2D eigenvalue weighted by molar-refractivity contribution is -0.385. The van der Waals surface area contributed by atoms with Crippen LogP contribution in [0.2, 0.25) is 0 Å². The normalized spacial score (nSPS) is 15.4. The number of non-ortho nitro benzene ring substituents is 1. The molecule has 2 aromatic rings. The van der Waals surface area contributed by atoms with Gasteiger partial charge in [-0.15, -0.1) is 0 Å². The number of unbranched alkanes of at least 4 members (excludes halogenated alkanes) is 1. The molecule has 1 aliphatic heterocycles. The second kappa shape index (κ2) is 6.68. The lowest BCUT2D eigenvalue weighted by Gasteiger charge is -2.23. The molecule has 7 heteroatoms. The standard InChI is InChI=1S/C18H17NO5S/c1-2-3-9-17-18(13-7-5-4-6-8-13)24-15-12-14(19(20)21)10-11-16(15)25(17,22)23/h4-8,10-12H,2-3,9H2,1H3. The molecule has 1 heterocycles. The lowest BCUT2D eigenvalue weighted by atomic mass is 10.1. The molecule has 0 atom stereocenters. The Bertz CT molecular complexity index is 949. The minimum Gasteiger partial charge on any atom is -0.454 e. The van der Waals surface area contributed by atoms with Gasteiger partial charge in [-0.1, -0.05) is 43.7 Å². The summed E-state index contributed by atoms with van der Waals surface area (Å²) in [4.78, 5) is 10.6. The van der Waals surface area contributed by atoms with Gasteiger partial charge in [-0.2, -0.15) is 0 Å². The van der Waals surface area contributed by atoms with E-state index in [9.17, 15) is 18.5 Å². The zero-order valence-electron chi connectivity index (χ0n) is 13.6. The number of allylic oxidation sites excluding steroid dienone is 1. The average molecular weight is 359 g/mol. The van der Waals surface area contributed by atoms with Crippen LogP contribution < -0.4 is 4.74 Å². The number of rotatable bonds is 5. The highest BCUT2D eigenvalue weighted by Crippen LogP contribution is 2.43. The number of sulfone groups is 1. The molecule has 0 unspecified atom stereocenters. The Hall–Kier alpha value is -2.67. The summed E-state index contributed by atoms with van der Waals surface area (Å²) in [5.41, 5.74) is 0.424. The van der Waals surface area contributed by atoms with Crippen molar-refractivity contribution in [1.29, 1.82) is 0 Å². The van der Waals surface area contributed by atoms with E-state index in [1.54, 1.807) is 24.3 Å². The Morgan fingerprint density at radius 3 is 2.48 bits per heavy atom. The molecule has 6 nitrogen and oxygen atoms in total. The first-order valence-corrected chi connectivity index (χ1v) is 9.43. The molecule has 0 saturated carbocycles. The first kappa shape index (κ1) is 17.2. The summed E-state index contributed by atoms with van der Waals surface area (Å²) >= 11 is 0. The zero-order chi connectivity index (χ0) is 18.0. The van der Waals surface area contributed by atoms with Crippen LogP contribution in [0, 0.1) is 10.1 Å². The van der Waals surface area contributed by atoms with Crippen molar-refractivity contribution in [3.05, 3.63) is 69.1 Å². The molecule has 0 amide bonds. The second-order valence-corrected chi connectivity index (χ2v) is 7.66. The van der Waals surface area contributed by atoms with Crippen molar-refractivity contribution < 1.29 is 18.1 Å². The minimum atomic E-state index is -3.76. The van der Waals surface area contributed by atoms with E-state index in [1.807, 2.05) is 13.0 Å². The predicted molar refractivity (Wildman–Crippen MR) is 93.8 cm³/mol. The number of ether oxygens (including phenoxy) is 1. The van der Waals surface area contributed by atoms with Crippen LogP contribution in [0.25, 0.3) is 5.76 Å². The van der Waals surface area contributed by atoms with Gasteiger partial charge in [0, 0.05) is 11.6 Å². The Balaban J connectivity index is 2.21. The second-order valence-electron chi connectivity index (χ2n) is 5.72. The van der Waals surface area contributed by atoms with E-state index in [2.05, 4.69) is 0 Å². The van der Waals surface area contributed by atoms with Crippen LogP contribution in [-0.4, -0.2) is 13.3 Å². The maximum absolute atomic E-state index is 13.1. The summed E-state index contributed by atoms with van der Waals surface area (Å²) < 4.78 is 32.0. The number of nitro groups is 1. The third kappa shape index (κ3) is 3.15. The molecule has 25 heavy (non-hydrogen) atoms. The quantitative estimate of drug-likeness (QED) is 0.586. The summed E-state index contributed by atoms with van der Waals surface area (Å²) in [5.74, 6) is 0.246. The minimum absolute atomic E-state index is 0.00620. The van der Waals surface area contributed by atoms with Crippen LogP contribution in [0.1, 0.15) is 31.7 Å². The SMILES string of the molecule is CCCCC1=C(c2ccccc2)Oc2cc([N+](=O)[O-])ccc2S1(=O)=O. The largest absolute Gasteiger partial charge is 0.454 e. The molecule has 0 radical (unpaired) electrons. The topological polar surface area (TPSA) is 86.5 Å². The molecule has 2 aromatic carbocycles. The molecule has 0 spiro atoms. The highest BCUT2D eigenvalue weighted by Gasteiger charge is 2.35. The molecular weight excluding hydrogens is 342 g/mol. The molecule has 3 rings (SSSR count). The number of hydrogen-bond acceptors (Lipinski definition) is 5. The van der Waals surface area contributed by atoms with Crippen LogP contribution in [0.5, 0.6) is 5.75 Å². The van der Waals surface area contributed by atoms with Crippen LogP contribution in [0.4, 0.5) is 5.69 Å². The van der Waals surface area contributed by atoms with E-state index in [4.69, 9.17) is 4.74 Å². The van der Waals surface area contributed by atoms with E-state index in [0.717, 1.165) is 12.5 Å². The third-order valence-electron chi connectivity index (χ3n) is 4.01. The molecule has 1 aliphatic rings. The number of fused-ring (bicyclic) bond motifs is 1. The molecule has 0 bridgehead atoms. The van der Waals surface area contributed by atoms with Crippen molar-refractivity contribution >= 4 is 21.3 Å². The first-order chi connectivity index (χ1) is 11.9. The van der Waals surface area contributed by atoms with Gasteiger partial charge in [-0.3, -0.25) is 10.1 Å². The summed E-state index contributed by atoms with van der Waals surface area (Å²) in [6, 6.07) is 12.5. The van der Waals surface area contributed by atoms with Gasteiger partial charge in [0.2, 0.25) is 9.84 Å². The van der Waals surface area contributed by atoms with Crippen LogP contribution in [-0.2, 0) is 9.84 Å². The van der Waals surface area contributed by atoms with Gasteiger partial charge in [-0.25, -0.2) is 8.42 Å². The molecule has 0 fully saturated rings. The van der Waals surface area contributed by atoms with Crippen LogP contribution in [0.15, 0.2) is 58.3 Å². The number of hydrogen-bond donors (Lipinski definition) is 0. The molecule has 0 aromatic heterocycles. The molecular formula is C18H17NO5S. The van der Waals surface area contributed by atoms with Gasteiger partial charge in [0.05, 0.1) is 15.9 Å². The predicted octanol–water partition coefficient (Wildman–Crippen LogP) is 4.32. The first-order valence-electron chi connectivity index (χ1n) is 7.95. The summed E-state index contributed by atoms with van der Waals surface area (Å²) in [7, 11) is -3.76. The van der Waals surface area contributed by atoms with Crippen LogP contribution >= 0.6 is 0 Å².